The van der Waals surface area contributed by atoms with Gasteiger partial charge in [0.05, 0.1) is 10.6 Å². The number of sulfone groups is 1. The largest absolute Gasteiger partial charge is 0.315 e. The summed E-state index contributed by atoms with van der Waals surface area (Å²) in [7, 11) is -3.27. The van der Waals surface area contributed by atoms with Crippen molar-refractivity contribution in [3.63, 3.8) is 0 Å². The molecule has 1 aliphatic heterocycles. The van der Waals surface area contributed by atoms with Crippen LogP contribution >= 0.6 is 0 Å². The Morgan fingerprint density at radius 2 is 2.11 bits per heavy atom. The lowest BCUT2D eigenvalue weighted by Gasteiger charge is -2.32. The Bertz CT molecular complexity index is 682. The molecule has 1 atom stereocenters. The van der Waals surface area contributed by atoms with Gasteiger partial charge in [-0.3, -0.25) is 0 Å². The maximum atomic E-state index is 12.0. The molecule has 0 radical (unpaired) electrons. The van der Waals surface area contributed by atoms with Crippen molar-refractivity contribution in [1.82, 2.24) is 20.6 Å². The second-order valence-electron chi connectivity index (χ2n) is 4.27. The van der Waals surface area contributed by atoms with Crippen molar-refractivity contribution in [3.8, 4) is 0 Å². The van der Waals surface area contributed by atoms with E-state index in [2.05, 4.69) is 20.6 Å². The van der Waals surface area contributed by atoms with Gasteiger partial charge in [-0.15, -0.1) is 10.2 Å². The Morgan fingerprint density at radius 3 is 2.83 bits per heavy atom. The fourth-order valence-corrected chi connectivity index (χ4v) is 3.91. The number of nitrogens with two attached hydrogens (primary N) is 1. The van der Waals surface area contributed by atoms with E-state index in [1.54, 1.807) is 24.3 Å². The van der Waals surface area contributed by atoms with Crippen molar-refractivity contribution in [2.45, 2.75) is 16.9 Å². The Hall–Kier alpha value is -1.80. The molecule has 0 saturated heterocycles. The molecule has 3 N–H and O–H groups in total. The number of nitrogens with zero attached hydrogens (tertiary/aromatic N) is 3. The van der Waals surface area contributed by atoms with Gasteiger partial charge in [-0.2, -0.15) is 5.21 Å². The van der Waals surface area contributed by atoms with E-state index in [9.17, 15) is 8.42 Å². The van der Waals surface area contributed by atoms with Crippen molar-refractivity contribution in [1.29, 1.82) is 0 Å². The molecule has 0 spiro atoms. The second-order valence-corrected chi connectivity index (χ2v) is 6.35. The van der Waals surface area contributed by atoms with E-state index in [0.717, 1.165) is 0 Å². The zero-order valence-electron chi connectivity index (χ0n) is 9.37. The van der Waals surface area contributed by atoms with E-state index < -0.39 is 15.4 Å². The van der Waals surface area contributed by atoms with Crippen molar-refractivity contribution in [2.24, 2.45) is 5.73 Å². The number of nitrogens with one attached hydrogen (secondary N) is 1. The van der Waals surface area contributed by atoms with Crippen LogP contribution in [0, 0.1) is 0 Å². The molecule has 0 saturated carbocycles. The molecule has 1 unspecified atom stereocenters. The summed E-state index contributed by atoms with van der Waals surface area (Å²) in [5.74, 6) is 0.291. The van der Waals surface area contributed by atoms with Gasteiger partial charge in [0.2, 0.25) is 0 Å². The first-order valence-corrected chi connectivity index (χ1v) is 7.04. The van der Waals surface area contributed by atoms with Gasteiger partial charge in [0.15, 0.2) is 15.7 Å². The monoisotopic (exact) mass is 265 g/mol. The smallest absolute Gasteiger partial charge is 0.198 e. The Balaban J connectivity index is 2.28. The van der Waals surface area contributed by atoms with E-state index in [1.807, 2.05) is 0 Å². The van der Waals surface area contributed by atoms with Crippen LogP contribution in [0.5, 0.6) is 0 Å². The molecule has 1 aliphatic rings. The molecule has 2 heterocycles. The highest BCUT2D eigenvalue weighted by Crippen LogP contribution is 2.37. The van der Waals surface area contributed by atoms with Gasteiger partial charge in [0, 0.05) is 0 Å². The summed E-state index contributed by atoms with van der Waals surface area (Å²) < 4.78 is 24.0. The zero-order valence-corrected chi connectivity index (χ0v) is 10.2. The van der Waals surface area contributed by atoms with Gasteiger partial charge in [-0.1, -0.05) is 23.4 Å². The molecule has 18 heavy (non-hydrogen) atoms. The summed E-state index contributed by atoms with van der Waals surface area (Å²) in [6.07, 6.45) is 0.242. The van der Waals surface area contributed by atoms with E-state index in [1.165, 1.54) is 0 Å². The molecular weight excluding hydrogens is 254 g/mol. The van der Waals surface area contributed by atoms with Crippen LogP contribution in [0.2, 0.25) is 0 Å². The normalized spacial score (nSPS) is 25.6. The molecular formula is C10H11N5O2S. The first-order chi connectivity index (χ1) is 8.54. The third-order valence-electron chi connectivity index (χ3n) is 3.21. The highest BCUT2D eigenvalue weighted by molar-refractivity contribution is 7.91. The number of H-pyrrole nitrogens is 1. The molecule has 1 aromatic heterocycles. The lowest BCUT2D eigenvalue weighted by atomic mass is 9.87. The second kappa shape index (κ2) is 3.59. The minimum Gasteiger partial charge on any atom is -0.315 e. The number of benzene rings is 1. The van der Waals surface area contributed by atoms with E-state index in [-0.39, 0.29) is 17.1 Å². The molecule has 0 bridgehead atoms. The predicted octanol–water partition coefficient (Wildman–Crippen LogP) is -0.421. The fraction of sp³-hybridized carbons (Fsp3) is 0.300. The minimum atomic E-state index is -3.27. The maximum Gasteiger partial charge on any atom is 0.198 e. The van der Waals surface area contributed by atoms with E-state index in [4.69, 9.17) is 5.73 Å². The van der Waals surface area contributed by atoms with Crippen molar-refractivity contribution in [3.05, 3.63) is 35.7 Å². The van der Waals surface area contributed by atoms with E-state index >= 15 is 0 Å². The van der Waals surface area contributed by atoms with Crippen LogP contribution in [0.1, 0.15) is 17.8 Å². The van der Waals surface area contributed by atoms with Crippen LogP contribution in [-0.4, -0.2) is 34.8 Å². The van der Waals surface area contributed by atoms with Crippen LogP contribution in [0.15, 0.2) is 29.2 Å². The van der Waals surface area contributed by atoms with Gasteiger partial charge < -0.3 is 5.73 Å². The third-order valence-corrected chi connectivity index (χ3v) is 4.98. The molecule has 94 valence electrons. The van der Waals surface area contributed by atoms with Gasteiger partial charge in [-0.25, -0.2) is 8.42 Å². The number of fused-ring (bicyclic) bond motifs is 1. The van der Waals surface area contributed by atoms with E-state index in [0.29, 0.717) is 11.4 Å². The Morgan fingerprint density at radius 1 is 1.33 bits per heavy atom. The molecule has 0 fully saturated rings. The lowest BCUT2D eigenvalue weighted by Crippen LogP contribution is -2.45. The number of tetrazole rings is 1. The Kier molecular flexibility index (Phi) is 2.26. The standard InChI is InChI=1S/C10H11N5O2S/c11-10(9-12-14-15-13-9)5-6-18(16,17)8-4-2-1-3-7(8)10/h1-4H,5-6,11H2,(H,12,13,14,15). The molecule has 2 aromatic rings. The van der Waals surface area contributed by atoms with Crippen LogP contribution < -0.4 is 5.73 Å². The van der Waals surface area contributed by atoms with Gasteiger partial charge in [-0.05, 0) is 18.1 Å². The molecule has 0 aliphatic carbocycles. The van der Waals surface area contributed by atoms with Crippen LogP contribution in [0.3, 0.4) is 0 Å². The lowest BCUT2D eigenvalue weighted by molar-refractivity contribution is 0.458. The van der Waals surface area contributed by atoms with Crippen LogP contribution in [-0.2, 0) is 15.4 Å². The number of aromatic amines is 1. The maximum absolute atomic E-state index is 12.0. The average Bonchev–Trinajstić information content (AvgIpc) is 2.89. The fourth-order valence-electron chi connectivity index (χ4n) is 2.23. The van der Waals surface area contributed by atoms with Crippen molar-refractivity contribution in [2.75, 3.05) is 5.75 Å². The van der Waals surface area contributed by atoms with Crippen molar-refractivity contribution >= 4 is 9.84 Å². The topological polar surface area (TPSA) is 115 Å². The van der Waals surface area contributed by atoms with Crippen molar-refractivity contribution < 1.29 is 8.42 Å². The SMILES string of the molecule is NC1(c2nn[nH]n2)CCS(=O)(=O)c2ccccc21. The summed E-state index contributed by atoms with van der Waals surface area (Å²) in [6, 6.07) is 6.69. The summed E-state index contributed by atoms with van der Waals surface area (Å²) >= 11 is 0. The minimum absolute atomic E-state index is 0.0188. The van der Waals surface area contributed by atoms with Gasteiger partial charge in [0.1, 0.15) is 5.54 Å². The Labute approximate surface area is 103 Å². The summed E-state index contributed by atoms with van der Waals surface area (Å²) in [5.41, 5.74) is 5.83. The van der Waals surface area contributed by atoms with Gasteiger partial charge in [0.25, 0.3) is 0 Å². The quantitative estimate of drug-likeness (QED) is 0.723. The molecule has 8 heteroatoms. The summed E-state index contributed by atoms with van der Waals surface area (Å²) in [4.78, 5) is 0.253. The van der Waals surface area contributed by atoms with Crippen LogP contribution in [0.4, 0.5) is 0 Å². The number of hydrogen-bond donors (Lipinski definition) is 2. The molecule has 1 aromatic carbocycles. The number of hydrogen-bond acceptors (Lipinski definition) is 6. The first-order valence-electron chi connectivity index (χ1n) is 5.39. The molecule has 3 rings (SSSR count). The predicted molar refractivity (Wildman–Crippen MR) is 62.3 cm³/mol. The first kappa shape index (κ1) is 11.3. The van der Waals surface area contributed by atoms with Gasteiger partial charge >= 0.3 is 0 Å². The zero-order chi connectivity index (χ0) is 12.8. The summed E-state index contributed by atoms with van der Waals surface area (Å²) in [5, 5.41) is 13.6. The molecule has 0 amide bonds. The highest BCUT2D eigenvalue weighted by Gasteiger charge is 2.43. The highest BCUT2D eigenvalue weighted by atomic mass is 32.2. The van der Waals surface area contributed by atoms with Crippen LogP contribution in [0.25, 0.3) is 0 Å². The molecule has 7 nitrogen and oxygen atoms in total. The number of aromatic nitrogens is 4. The third kappa shape index (κ3) is 1.46. The summed E-state index contributed by atoms with van der Waals surface area (Å²) in [6.45, 7) is 0. The number of rotatable bonds is 1. The average molecular weight is 265 g/mol.